The number of piperazine rings is 1. The van der Waals surface area contributed by atoms with Crippen LogP contribution >= 0.6 is 0 Å². The monoisotopic (exact) mass is 279 g/mol. The summed E-state index contributed by atoms with van der Waals surface area (Å²) >= 11 is 0. The molecule has 2 saturated heterocycles. The average molecular weight is 279 g/mol. The number of aromatic nitrogens is 1. The summed E-state index contributed by atoms with van der Waals surface area (Å²) in [4.78, 5) is 9.79. The third-order valence-electron chi connectivity index (χ3n) is 4.84. The van der Waals surface area contributed by atoms with Crippen molar-refractivity contribution in [3.8, 4) is 11.1 Å². The molecule has 108 valence electrons. The van der Waals surface area contributed by atoms with Crippen molar-refractivity contribution in [3.05, 3.63) is 48.2 Å². The first-order valence-corrected chi connectivity index (χ1v) is 7.82. The van der Waals surface area contributed by atoms with Gasteiger partial charge in [0.25, 0.3) is 0 Å². The molecule has 21 heavy (non-hydrogen) atoms. The highest BCUT2D eigenvalue weighted by atomic mass is 15.3. The predicted molar refractivity (Wildman–Crippen MR) is 86.6 cm³/mol. The summed E-state index contributed by atoms with van der Waals surface area (Å²) in [5.41, 5.74) is 3.79. The van der Waals surface area contributed by atoms with Crippen LogP contribution in [0.25, 0.3) is 11.1 Å². The first-order chi connectivity index (χ1) is 10.3. The Labute approximate surface area is 126 Å². The SMILES string of the molecule is Cc1ccccc1-c1ccc(N2CCN3CCC2C3)nc1. The molecule has 2 bridgehead atoms. The van der Waals surface area contributed by atoms with Crippen LogP contribution in [0.2, 0.25) is 0 Å². The molecule has 0 aliphatic carbocycles. The quantitative estimate of drug-likeness (QED) is 0.842. The summed E-state index contributed by atoms with van der Waals surface area (Å²) in [5, 5.41) is 0. The molecule has 1 aromatic heterocycles. The predicted octanol–water partition coefficient (Wildman–Crippen LogP) is 2.95. The molecule has 2 unspecified atom stereocenters. The van der Waals surface area contributed by atoms with Gasteiger partial charge < -0.3 is 4.90 Å². The fourth-order valence-corrected chi connectivity index (χ4v) is 3.62. The van der Waals surface area contributed by atoms with E-state index < -0.39 is 0 Å². The number of hydrogen-bond acceptors (Lipinski definition) is 3. The molecule has 0 spiro atoms. The van der Waals surface area contributed by atoms with Crippen molar-refractivity contribution in [2.75, 3.05) is 31.1 Å². The molecule has 0 radical (unpaired) electrons. The zero-order chi connectivity index (χ0) is 14.2. The maximum atomic E-state index is 4.74. The zero-order valence-corrected chi connectivity index (χ0v) is 12.5. The van der Waals surface area contributed by atoms with Crippen LogP contribution in [0.15, 0.2) is 42.6 Å². The summed E-state index contributed by atoms with van der Waals surface area (Å²) < 4.78 is 0. The van der Waals surface area contributed by atoms with Gasteiger partial charge in [0.1, 0.15) is 5.82 Å². The molecular formula is C18H21N3. The van der Waals surface area contributed by atoms with Crippen LogP contribution in [-0.4, -0.2) is 42.1 Å². The van der Waals surface area contributed by atoms with Crippen molar-refractivity contribution in [1.29, 1.82) is 0 Å². The van der Waals surface area contributed by atoms with Gasteiger partial charge in [0.15, 0.2) is 0 Å². The average Bonchev–Trinajstić information content (AvgIpc) is 2.90. The highest BCUT2D eigenvalue weighted by Gasteiger charge is 2.32. The number of fused-ring (bicyclic) bond motifs is 2. The van der Waals surface area contributed by atoms with Gasteiger partial charge in [-0.2, -0.15) is 0 Å². The summed E-state index contributed by atoms with van der Waals surface area (Å²) in [6.07, 6.45) is 3.31. The van der Waals surface area contributed by atoms with E-state index >= 15 is 0 Å². The second-order valence-electron chi connectivity index (χ2n) is 6.16. The van der Waals surface area contributed by atoms with E-state index in [1.807, 2.05) is 6.20 Å². The molecule has 2 atom stereocenters. The number of hydrogen-bond donors (Lipinski definition) is 0. The van der Waals surface area contributed by atoms with Gasteiger partial charge in [0, 0.05) is 44.0 Å². The lowest BCUT2D eigenvalue weighted by Gasteiger charge is -2.35. The largest absolute Gasteiger partial charge is 0.351 e. The van der Waals surface area contributed by atoms with Gasteiger partial charge in [0.2, 0.25) is 0 Å². The summed E-state index contributed by atoms with van der Waals surface area (Å²) in [7, 11) is 0. The Morgan fingerprint density at radius 1 is 1.05 bits per heavy atom. The lowest BCUT2D eigenvalue weighted by atomic mass is 10.0. The Kier molecular flexibility index (Phi) is 3.15. The van der Waals surface area contributed by atoms with Crippen LogP contribution in [0, 0.1) is 6.92 Å². The summed E-state index contributed by atoms with van der Waals surface area (Å²) in [5.74, 6) is 1.14. The van der Waals surface area contributed by atoms with Gasteiger partial charge in [-0.15, -0.1) is 0 Å². The van der Waals surface area contributed by atoms with E-state index in [4.69, 9.17) is 4.98 Å². The normalized spacial score (nSPS) is 24.3. The van der Waals surface area contributed by atoms with E-state index in [0.717, 1.165) is 12.4 Å². The molecule has 3 nitrogen and oxygen atoms in total. The fourth-order valence-electron chi connectivity index (χ4n) is 3.62. The molecule has 2 aromatic rings. The van der Waals surface area contributed by atoms with E-state index in [0.29, 0.717) is 6.04 Å². The van der Waals surface area contributed by atoms with Crippen LogP contribution in [0.3, 0.4) is 0 Å². The van der Waals surface area contributed by atoms with E-state index in [9.17, 15) is 0 Å². The molecule has 3 heterocycles. The molecule has 0 N–H and O–H groups in total. The molecule has 4 rings (SSSR count). The van der Waals surface area contributed by atoms with Gasteiger partial charge >= 0.3 is 0 Å². The lowest BCUT2D eigenvalue weighted by Crippen LogP contribution is -2.47. The standard InChI is InChI=1S/C18H21N3/c1-14-4-2-3-5-17(14)15-6-7-18(19-12-15)21-11-10-20-9-8-16(21)13-20/h2-7,12,16H,8-11,13H2,1H3. The van der Waals surface area contributed by atoms with Crippen LogP contribution in [0.1, 0.15) is 12.0 Å². The minimum atomic E-state index is 0.663. The van der Waals surface area contributed by atoms with Gasteiger partial charge in [0.05, 0.1) is 0 Å². The third-order valence-corrected chi connectivity index (χ3v) is 4.84. The van der Waals surface area contributed by atoms with Crippen molar-refractivity contribution >= 4 is 5.82 Å². The lowest BCUT2D eigenvalue weighted by molar-refractivity contribution is 0.310. The Hall–Kier alpha value is -1.87. The summed E-state index contributed by atoms with van der Waals surface area (Å²) in [6, 6.07) is 13.6. The molecule has 2 fully saturated rings. The maximum Gasteiger partial charge on any atom is 0.128 e. The first kappa shape index (κ1) is 12.8. The Bertz CT molecular complexity index is 635. The molecule has 0 saturated carbocycles. The van der Waals surface area contributed by atoms with E-state index in [-0.39, 0.29) is 0 Å². The molecule has 2 aliphatic heterocycles. The molecular weight excluding hydrogens is 258 g/mol. The Morgan fingerprint density at radius 2 is 1.95 bits per heavy atom. The second kappa shape index (κ2) is 5.15. The van der Waals surface area contributed by atoms with Gasteiger partial charge in [-0.25, -0.2) is 4.98 Å². The maximum absolute atomic E-state index is 4.74. The second-order valence-corrected chi connectivity index (χ2v) is 6.16. The smallest absolute Gasteiger partial charge is 0.128 e. The fraction of sp³-hybridized carbons (Fsp3) is 0.389. The van der Waals surface area contributed by atoms with Crippen molar-refractivity contribution in [2.45, 2.75) is 19.4 Å². The minimum Gasteiger partial charge on any atom is -0.351 e. The van der Waals surface area contributed by atoms with Crippen LogP contribution in [0.4, 0.5) is 5.82 Å². The Balaban J connectivity index is 1.60. The molecule has 3 heteroatoms. The Morgan fingerprint density at radius 3 is 2.76 bits per heavy atom. The van der Waals surface area contributed by atoms with Crippen molar-refractivity contribution in [3.63, 3.8) is 0 Å². The minimum absolute atomic E-state index is 0.663. The van der Waals surface area contributed by atoms with E-state index in [1.54, 1.807) is 0 Å². The van der Waals surface area contributed by atoms with Gasteiger partial charge in [-0.3, -0.25) is 4.90 Å². The molecule has 0 amide bonds. The van der Waals surface area contributed by atoms with Gasteiger partial charge in [-0.1, -0.05) is 24.3 Å². The highest BCUT2D eigenvalue weighted by molar-refractivity contribution is 5.67. The summed E-state index contributed by atoms with van der Waals surface area (Å²) in [6.45, 7) is 6.91. The van der Waals surface area contributed by atoms with E-state index in [2.05, 4.69) is 53.1 Å². The number of aryl methyl sites for hydroxylation is 1. The van der Waals surface area contributed by atoms with Crippen LogP contribution in [-0.2, 0) is 0 Å². The highest BCUT2D eigenvalue weighted by Crippen LogP contribution is 2.28. The van der Waals surface area contributed by atoms with E-state index in [1.165, 1.54) is 42.7 Å². The third kappa shape index (κ3) is 2.32. The first-order valence-electron chi connectivity index (χ1n) is 7.82. The number of nitrogens with zero attached hydrogens (tertiary/aromatic N) is 3. The van der Waals surface area contributed by atoms with Gasteiger partial charge in [-0.05, 0) is 36.6 Å². The number of benzene rings is 1. The molecule has 2 aliphatic rings. The zero-order valence-electron chi connectivity index (χ0n) is 12.5. The number of rotatable bonds is 2. The van der Waals surface area contributed by atoms with Crippen molar-refractivity contribution < 1.29 is 0 Å². The topological polar surface area (TPSA) is 19.4 Å². The van der Waals surface area contributed by atoms with Crippen LogP contribution < -0.4 is 4.90 Å². The molecule has 1 aromatic carbocycles. The van der Waals surface area contributed by atoms with Crippen molar-refractivity contribution in [2.24, 2.45) is 0 Å². The van der Waals surface area contributed by atoms with Crippen LogP contribution in [0.5, 0.6) is 0 Å². The van der Waals surface area contributed by atoms with Crippen molar-refractivity contribution in [1.82, 2.24) is 9.88 Å². The number of pyridine rings is 1. The number of anilines is 1.